The molecule has 10 heteroatoms. The van der Waals surface area contributed by atoms with Gasteiger partial charge < -0.3 is 10.6 Å². The molecule has 0 saturated heterocycles. The number of hydrogen-bond donors (Lipinski definition) is 2. The van der Waals surface area contributed by atoms with E-state index in [0.29, 0.717) is 12.1 Å². The molecular formula is C14H7Cl2F5N2O. The number of urea groups is 1. The molecule has 2 aromatic carbocycles. The molecule has 0 aliphatic carbocycles. The van der Waals surface area contributed by atoms with Crippen LogP contribution in [-0.4, -0.2) is 6.03 Å². The Hall–Kier alpha value is -2.06. The molecule has 2 amide bonds. The van der Waals surface area contributed by atoms with Crippen LogP contribution in [0, 0.1) is 11.6 Å². The van der Waals surface area contributed by atoms with Gasteiger partial charge in [-0.25, -0.2) is 13.6 Å². The number of amides is 2. The number of carbonyl (C=O) groups is 1. The number of rotatable bonds is 2. The lowest BCUT2D eigenvalue weighted by molar-refractivity contribution is -0.137. The maximum Gasteiger partial charge on any atom is 0.417 e. The predicted octanol–water partition coefficient (Wildman–Crippen LogP) is 5.93. The Morgan fingerprint density at radius 1 is 0.917 bits per heavy atom. The van der Waals surface area contributed by atoms with E-state index in [1.165, 1.54) is 0 Å². The van der Waals surface area contributed by atoms with Gasteiger partial charge in [0, 0.05) is 11.8 Å². The van der Waals surface area contributed by atoms with Crippen molar-refractivity contribution < 1.29 is 26.7 Å². The summed E-state index contributed by atoms with van der Waals surface area (Å²) in [7, 11) is 0. The van der Waals surface area contributed by atoms with Gasteiger partial charge in [0.1, 0.15) is 11.6 Å². The molecule has 128 valence electrons. The van der Waals surface area contributed by atoms with Gasteiger partial charge >= 0.3 is 12.2 Å². The van der Waals surface area contributed by atoms with Crippen molar-refractivity contribution in [2.45, 2.75) is 6.18 Å². The Bertz CT molecular complexity index is 795. The van der Waals surface area contributed by atoms with Crippen molar-refractivity contribution in [3.8, 4) is 0 Å². The number of benzene rings is 2. The van der Waals surface area contributed by atoms with Crippen LogP contribution in [0.15, 0.2) is 30.3 Å². The normalized spacial score (nSPS) is 11.3. The SMILES string of the molecule is O=C(Nc1ccc(Cl)c(C(F)(F)F)c1)Nc1cc(Cl)c(F)cc1F. The van der Waals surface area contributed by atoms with Crippen LogP contribution < -0.4 is 10.6 Å². The van der Waals surface area contributed by atoms with Crippen LogP contribution in [-0.2, 0) is 6.18 Å². The highest BCUT2D eigenvalue weighted by Gasteiger charge is 2.33. The van der Waals surface area contributed by atoms with Crippen molar-refractivity contribution in [2.75, 3.05) is 10.6 Å². The second kappa shape index (κ2) is 6.82. The van der Waals surface area contributed by atoms with Crippen LogP contribution in [0.4, 0.5) is 38.1 Å². The third-order valence-corrected chi connectivity index (χ3v) is 3.41. The second-order valence-electron chi connectivity index (χ2n) is 4.52. The molecule has 0 heterocycles. The zero-order valence-corrected chi connectivity index (χ0v) is 13.0. The van der Waals surface area contributed by atoms with Crippen LogP contribution in [0.2, 0.25) is 10.0 Å². The van der Waals surface area contributed by atoms with Gasteiger partial charge in [-0.2, -0.15) is 13.2 Å². The first kappa shape index (κ1) is 18.3. The van der Waals surface area contributed by atoms with Gasteiger partial charge in [0.15, 0.2) is 0 Å². The molecule has 0 unspecified atom stereocenters. The fourth-order valence-corrected chi connectivity index (χ4v) is 2.11. The van der Waals surface area contributed by atoms with E-state index in [1.54, 1.807) is 0 Å². The van der Waals surface area contributed by atoms with E-state index in [1.807, 2.05) is 5.32 Å². The van der Waals surface area contributed by atoms with Crippen LogP contribution in [0.5, 0.6) is 0 Å². The van der Waals surface area contributed by atoms with E-state index < -0.39 is 45.1 Å². The maximum absolute atomic E-state index is 13.5. The second-order valence-corrected chi connectivity index (χ2v) is 5.33. The standard InChI is InChI=1S/C14H7Cl2F5N2O/c15-8-2-1-6(3-7(8)14(19,20)21)22-13(24)23-12-4-9(16)10(17)5-11(12)18/h1-5H,(H2,22,23,24). The van der Waals surface area contributed by atoms with Gasteiger partial charge in [-0.05, 0) is 24.3 Å². The lowest BCUT2D eigenvalue weighted by Crippen LogP contribution is -2.20. The van der Waals surface area contributed by atoms with Gasteiger partial charge in [-0.1, -0.05) is 23.2 Å². The highest BCUT2D eigenvalue weighted by molar-refractivity contribution is 6.31. The highest BCUT2D eigenvalue weighted by atomic mass is 35.5. The Kier molecular flexibility index (Phi) is 5.19. The molecule has 3 nitrogen and oxygen atoms in total. The fourth-order valence-electron chi connectivity index (χ4n) is 1.72. The van der Waals surface area contributed by atoms with E-state index in [9.17, 15) is 26.7 Å². The van der Waals surface area contributed by atoms with Gasteiger partial charge in [0.05, 0.1) is 21.3 Å². The Morgan fingerprint density at radius 3 is 2.21 bits per heavy atom. The smallest absolute Gasteiger partial charge is 0.308 e. The van der Waals surface area contributed by atoms with Gasteiger partial charge in [-0.3, -0.25) is 0 Å². The Morgan fingerprint density at radius 2 is 1.58 bits per heavy atom. The minimum atomic E-state index is -4.71. The first-order valence-corrected chi connectivity index (χ1v) is 6.93. The minimum Gasteiger partial charge on any atom is -0.308 e. The number of carbonyl (C=O) groups excluding carboxylic acids is 1. The molecule has 0 aromatic heterocycles. The lowest BCUT2D eigenvalue weighted by Gasteiger charge is -2.12. The lowest BCUT2D eigenvalue weighted by atomic mass is 10.2. The molecular weight excluding hydrogens is 378 g/mol. The van der Waals surface area contributed by atoms with Crippen LogP contribution in [0.1, 0.15) is 5.56 Å². The van der Waals surface area contributed by atoms with Gasteiger partial charge in [0.25, 0.3) is 0 Å². The molecule has 24 heavy (non-hydrogen) atoms. The first-order chi connectivity index (χ1) is 11.1. The van der Waals surface area contributed by atoms with Crippen LogP contribution in [0.25, 0.3) is 0 Å². The number of anilines is 2. The third-order valence-electron chi connectivity index (χ3n) is 2.79. The first-order valence-electron chi connectivity index (χ1n) is 6.17. The average molecular weight is 385 g/mol. The van der Waals surface area contributed by atoms with Crippen molar-refractivity contribution >= 4 is 40.6 Å². The average Bonchev–Trinajstić information content (AvgIpc) is 2.45. The molecule has 0 aliphatic heterocycles. The van der Waals surface area contributed by atoms with Crippen LogP contribution >= 0.6 is 23.2 Å². The van der Waals surface area contributed by atoms with Gasteiger partial charge in [-0.15, -0.1) is 0 Å². The molecule has 0 aliphatic rings. The number of alkyl halides is 3. The molecule has 0 atom stereocenters. The maximum atomic E-state index is 13.5. The fraction of sp³-hybridized carbons (Fsp3) is 0.0714. The van der Waals surface area contributed by atoms with E-state index >= 15 is 0 Å². The van der Waals surface area contributed by atoms with Crippen molar-refractivity contribution in [3.05, 3.63) is 57.6 Å². The molecule has 2 N–H and O–H groups in total. The summed E-state index contributed by atoms with van der Waals surface area (Å²) < 4.78 is 64.7. The third kappa shape index (κ3) is 4.27. The minimum absolute atomic E-state index is 0.224. The number of nitrogens with one attached hydrogen (secondary N) is 2. The summed E-state index contributed by atoms with van der Waals surface area (Å²) in [6, 6.07) is 2.94. The summed E-state index contributed by atoms with van der Waals surface area (Å²) in [5, 5.41) is 3.12. The van der Waals surface area contributed by atoms with Crippen LogP contribution in [0.3, 0.4) is 0 Å². The summed E-state index contributed by atoms with van der Waals surface area (Å²) in [5.41, 5.74) is -1.81. The van der Waals surface area contributed by atoms with Crippen molar-refractivity contribution in [1.29, 1.82) is 0 Å². The largest absolute Gasteiger partial charge is 0.417 e. The topological polar surface area (TPSA) is 41.1 Å². The molecule has 0 radical (unpaired) electrons. The predicted molar refractivity (Wildman–Crippen MR) is 80.5 cm³/mol. The highest BCUT2D eigenvalue weighted by Crippen LogP contribution is 2.36. The molecule has 0 spiro atoms. The number of halogens is 7. The Labute approximate surface area is 142 Å². The molecule has 2 rings (SSSR count). The van der Waals surface area contributed by atoms with E-state index in [4.69, 9.17) is 23.2 Å². The van der Waals surface area contributed by atoms with E-state index in [0.717, 1.165) is 18.2 Å². The zero-order valence-electron chi connectivity index (χ0n) is 11.4. The van der Waals surface area contributed by atoms with Crippen molar-refractivity contribution in [1.82, 2.24) is 0 Å². The van der Waals surface area contributed by atoms with Gasteiger partial charge in [0.2, 0.25) is 0 Å². The molecule has 0 saturated carbocycles. The quantitative estimate of drug-likeness (QED) is 0.488. The summed E-state index contributed by atoms with van der Waals surface area (Å²) in [4.78, 5) is 11.7. The Balaban J connectivity index is 2.18. The summed E-state index contributed by atoms with van der Waals surface area (Å²) in [6.45, 7) is 0. The van der Waals surface area contributed by atoms with Crippen molar-refractivity contribution in [2.24, 2.45) is 0 Å². The monoisotopic (exact) mass is 384 g/mol. The molecule has 0 bridgehead atoms. The molecule has 2 aromatic rings. The summed E-state index contributed by atoms with van der Waals surface area (Å²) in [6.07, 6.45) is -4.71. The zero-order chi connectivity index (χ0) is 18.1. The van der Waals surface area contributed by atoms with E-state index in [2.05, 4.69) is 5.32 Å². The van der Waals surface area contributed by atoms with E-state index in [-0.39, 0.29) is 5.69 Å². The van der Waals surface area contributed by atoms with Crippen molar-refractivity contribution in [3.63, 3.8) is 0 Å². The summed E-state index contributed by atoms with van der Waals surface area (Å²) >= 11 is 10.9. The number of hydrogen-bond acceptors (Lipinski definition) is 1. The summed E-state index contributed by atoms with van der Waals surface area (Å²) in [5.74, 6) is -2.12. The molecule has 0 fully saturated rings.